The van der Waals surface area contributed by atoms with Crippen molar-refractivity contribution in [3.8, 4) is 0 Å². The molecule has 0 bridgehead atoms. The van der Waals surface area contributed by atoms with Gasteiger partial charge in [0.15, 0.2) is 0 Å². The van der Waals surface area contributed by atoms with E-state index in [0.717, 1.165) is 64.0 Å². The molecule has 0 radical (unpaired) electrons. The highest BCUT2D eigenvalue weighted by Crippen LogP contribution is 2.66. The lowest BCUT2D eigenvalue weighted by Crippen LogP contribution is -2.60. The van der Waals surface area contributed by atoms with Crippen LogP contribution in [0.15, 0.2) is 11.6 Å². The Balaban J connectivity index is 1.42. The minimum Gasteiger partial charge on any atom is -0.396 e. The summed E-state index contributed by atoms with van der Waals surface area (Å²) in [5.41, 5.74) is 1.34. The third-order valence-corrected chi connectivity index (χ3v) is 10.4. The first-order valence-corrected chi connectivity index (χ1v) is 12.4. The molecule has 1 aliphatic heterocycles. The topological polar surface area (TPSA) is 66.4 Å². The number of nitrogens with one attached hydrogen (secondary N) is 1. The highest BCUT2D eigenvalue weighted by molar-refractivity contribution is 5.91. The van der Waals surface area contributed by atoms with Crippen molar-refractivity contribution in [3.63, 3.8) is 0 Å². The Morgan fingerprint density at radius 3 is 2.63 bits per heavy atom. The van der Waals surface area contributed by atoms with Crippen LogP contribution >= 0.6 is 0 Å². The van der Waals surface area contributed by atoms with Gasteiger partial charge in [0.2, 0.25) is 0 Å². The Bertz CT molecular complexity index is 753. The Hall–Kier alpha value is -1.00. The van der Waals surface area contributed by atoms with Crippen molar-refractivity contribution in [1.29, 1.82) is 0 Å². The molecule has 1 heterocycles. The zero-order chi connectivity index (χ0) is 21.1. The maximum Gasteiger partial charge on any atom is 0.142 e. The second-order valence-electron chi connectivity index (χ2n) is 11.6. The predicted molar refractivity (Wildman–Crippen MR) is 117 cm³/mol. The number of aliphatic hydroxyl groups excluding tert-OH is 1. The average Bonchev–Trinajstić information content (AvgIpc) is 3.36. The predicted octanol–water partition coefficient (Wildman–Crippen LogP) is 3.92. The second-order valence-corrected chi connectivity index (χ2v) is 11.6. The molecule has 0 aromatic rings. The number of rotatable bonds is 3. The van der Waals surface area contributed by atoms with E-state index >= 15 is 0 Å². The number of carbonyl (C=O) groups excluding carboxylic acids is 2. The van der Waals surface area contributed by atoms with Crippen molar-refractivity contribution in [2.24, 2.45) is 46.3 Å². The summed E-state index contributed by atoms with van der Waals surface area (Å²) < 4.78 is 0. The fourth-order valence-electron chi connectivity index (χ4n) is 8.44. The van der Waals surface area contributed by atoms with Crippen molar-refractivity contribution in [3.05, 3.63) is 11.6 Å². The van der Waals surface area contributed by atoms with Gasteiger partial charge in [0, 0.05) is 23.7 Å². The number of carbonyl (C=O) groups is 2. The fourth-order valence-corrected chi connectivity index (χ4v) is 8.44. The van der Waals surface area contributed by atoms with Crippen molar-refractivity contribution in [2.75, 3.05) is 19.7 Å². The zero-order valence-corrected chi connectivity index (χ0v) is 18.8. The van der Waals surface area contributed by atoms with Gasteiger partial charge in [-0.1, -0.05) is 25.5 Å². The maximum absolute atomic E-state index is 13.8. The van der Waals surface area contributed by atoms with Crippen LogP contribution < -0.4 is 5.32 Å². The first kappa shape index (κ1) is 20.9. The molecule has 4 nitrogen and oxygen atoms in total. The summed E-state index contributed by atoms with van der Waals surface area (Å²) in [4.78, 5) is 26.4. The molecular weight excluding hydrogens is 374 g/mol. The monoisotopic (exact) mass is 413 g/mol. The van der Waals surface area contributed by atoms with Gasteiger partial charge in [-0.2, -0.15) is 0 Å². The lowest BCUT2D eigenvalue weighted by atomic mass is 9.42. The molecule has 2 unspecified atom stereocenters. The zero-order valence-electron chi connectivity index (χ0n) is 18.8. The number of hydrogen-bond acceptors (Lipinski definition) is 4. The van der Waals surface area contributed by atoms with Crippen molar-refractivity contribution >= 4 is 11.6 Å². The molecule has 5 fully saturated rings. The SMILES string of the molecule is C[C@]12CC/C(=C/CC3CCNC3)CC1[C@@H](CO)C(=O)[C@@H]1[C@@H]2CC[C@]2(C)C(=O)CC[C@@H]12. The van der Waals surface area contributed by atoms with Gasteiger partial charge in [-0.25, -0.2) is 0 Å². The largest absolute Gasteiger partial charge is 0.396 e. The van der Waals surface area contributed by atoms with E-state index in [1.807, 2.05) is 0 Å². The van der Waals surface area contributed by atoms with Crippen LogP contribution in [0.1, 0.15) is 71.6 Å². The molecule has 5 aliphatic rings. The van der Waals surface area contributed by atoms with Crippen LogP contribution in [-0.2, 0) is 9.59 Å². The van der Waals surface area contributed by atoms with Gasteiger partial charge < -0.3 is 10.4 Å². The third kappa shape index (κ3) is 3.00. The van der Waals surface area contributed by atoms with E-state index in [2.05, 4.69) is 25.2 Å². The molecule has 0 aromatic heterocycles. The first-order valence-electron chi connectivity index (χ1n) is 12.4. The van der Waals surface area contributed by atoms with Crippen molar-refractivity contribution in [1.82, 2.24) is 5.32 Å². The summed E-state index contributed by atoms with van der Waals surface area (Å²) in [6.07, 6.45) is 11.6. The summed E-state index contributed by atoms with van der Waals surface area (Å²) in [7, 11) is 0. The van der Waals surface area contributed by atoms with E-state index in [9.17, 15) is 14.7 Å². The minimum atomic E-state index is -0.297. The number of ketones is 2. The fraction of sp³-hybridized carbons (Fsp3) is 0.846. The molecular formula is C26H39NO3. The van der Waals surface area contributed by atoms with Gasteiger partial charge in [-0.15, -0.1) is 0 Å². The number of hydrogen-bond donors (Lipinski definition) is 2. The normalized spacial score (nSPS) is 49.8. The number of Topliss-reactive ketones (excluding diaryl/α,β-unsaturated/α-hetero) is 2. The molecule has 8 atom stereocenters. The molecule has 0 aromatic carbocycles. The Morgan fingerprint density at radius 1 is 1.07 bits per heavy atom. The highest BCUT2D eigenvalue weighted by atomic mass is 16.3. The summed E-state index contributed by atoms with van der Waals surface area (Å²) in [5, 5.41) is 13.8. The number of aliphatic hydroxyl groups is 1. The van der Waals surface area contributed by atoms with Crippen LogP contribution in [0.2, 0.25) is 0 Å². The standard InChI is InChI=1S/C26H39NO3/c1-25-10-7-16(3-4-17-9-12-27-14-17)13-21(25)18(15-28)24(30)23-19-5-6-22(29)26(19,2)11-8-20(23)25/h3,17-21,23,27-28H,4-15H2,1-2H3/b16-3-/t17?,18-,19+,20+,21?,23+,25-,26+/m1/s1. The molecule has 166 valence electrons. The van der Waals surface area contributed by atoms with Crippen LogP contribution in [0, 0.1) is 46.3 Å². The highest BCUT2D eigenvalue weighted by Gasteiger charge is 2.64. The van der Waals surface area contributed by atoms with Gasteiger partial charge >= 0.3 is 0 Å². The van der Waals surface area contributed by atoms with E-state index in [-0.39, 0.29) is 46.9 Å². The molecule has 0 amide bonds. The average molecular weight is 414 g/mol. The number of fused-ring (bicyclic) bond motifs is 5. The molecule has 2 N–H and O–H groups in total. The van der Waals surface area contributed by atoms with Crippen LogP contribution in [-0.4, -0.2) is 36.4 Å². The van der Waals surface area contributed by atoms with E-state index < -0.39 is 0 Å². The summed E-state index contributed by atoms with van der Waals surface area (Å²) in [6, 6.07) is 0. The molecule has 4 aliphatic carbocycles. The minimum absolute atomic E-state index is 0.0105. The maximum atomic E-state index is 13.8. The quantitative estimate of drug-likeness (QED) is 0.688. The van der Waals surface area contributed by atoms with Gasteiger partial charge in [-0.3, -0.25) is 9.59 Å². The summed E-state index contributed by atoms with van der Waals surface area (Å²) >= 11 is 0. The van der Waals surface area contributed by atoms with Gasteiger partial charge in [0.05, 0.1) is 6.61 Å². The molecule has 1 saturated heterocycles. The van der Waals surface area contributed by atoms with E-state index in [4.69, 9.17) is 0 Å². The van der Waals surface area contributed by atoms with Crippen LogP contribution in [0.3, 0.4) is 0 Å². The van der Waals surface area contributed by atoms with Crippen LogP contribution in [0.4, 0.5) is 0 Å². The Morgan fingerprint density at radius 2 is 1.90 bits per heavy atom. The summed E-state index contributed by atoms with van der Waals surface area (Å²) in [5.74, 6) is 2.03. The van der Waals surface area contributed by atoms with Gasteiger partial charge in [0.1, 0.15) is 11.6 Å². The molecule has 0 spiro atoms. The molecule has 4 saturated carbocycles. The molecule has 4 heteroatoms. The lowest BCUT2D eigenvalue weighted by molar-refractivity contribution is -0.167. The Labute approximate surface area is 181 Å². The van der Waals surface area contributed by atoms with Crippen molar-refractivity contribution < 1.29 is 14.7 Å². The molecule has 30 heavy (non-hydrogen) atoms. The van der Waals surface area contributed by atoms with E-state index in [0.29, 0.717) is 18.1 Å². The second kappa shape index (κ2) is 7.55. The van der Waals surface area contributed by atoms with Gasteiger partial charge in [0.25, 0.3) is 0 Å². The smallest absolute Gasteiger partial charge is 0.142 e. The van der Waals surface area contributed by atoms with E-state index in [1.165, 1.54) is 12.0 Å². The van der Waals surface area contributed by atoms with E-state index in [1.54, 1.807) is 0 Å². The third-order valence-electron chi connectivity index (χ3n) is 10.4. The van der Waals surface area contributed by atoms with Crippen LogP contribution in [0.5, 0.6) is 0 Å². The molecule has 5 rings (SSSR count). The first-order chi connectivity index (χ1) is 14.4. The summed E-state index contributed by atoms with van der Waals surface area (Å²) in [6.45, 7) is 6.78. The van der Waals surface area contributed by atoms with Crippen molar-refractivity contribution in [2.45, 2.75) is 71.6 Å². The Kier molecular flexibility index (Phi) is 5.25. The van der Waals surface area contributed by atoms with Gasteiger partial charge in [-0.05, 0) is 93.5 Å². The van der Waals surface area contributed by atoms with Crippen LogP contribution in [0.25, 0.3) is 0 Å². The number of allylic oxidation sites excluding steroid dienone is 2. The lowest BCUT2D eigenvalue weighted by Gasteiger charge is -2.60.